The van der Waals surface area contributed by atoms with Crippen molar-refractivity contribution in [2.45, 2.75) is 24.3 Å². The van der Waals surface area contributed by atoms with E-state index in [2.05, 4.69) is 32.7 Å². The topological polar surface area (TPSA) is 92.3 Å². The van der Waals surface area contributed by atoms with Crippen molar-refractivity contribution in [1.82, 2.24) is 14.8 Å². The van der Waals surface area contributed by atoms with Crippen LogP contribution in [0, 0.1) is 24.0 Å². The molecule has 1 aromatic heterocycles. The molecule has 0 spiro atoms. The van der Waals surface area contributed by atoms with Gasteiger partial charge in [-0.1, -0.05) is 36.5 Å². The monoisotopic (exact) mass is 518 g/mol. The van der Waals surface area contributed by atoms with Crippen LogP contribution in [-0.2, 0) is 0 Å². The molecule has 1 atom stereocenters. The summed E-state index contributed by atoms with van der Waals surface area (Å²) in [6.45, 7) is 7.52. The second-order valence-electron chi connectivity index (χ2n) is 6.96. The highest BCUT2D eigenvalue weighted by Crippen LogP contribution is 2.43. The van der Waals surface area contributed by atoms with Gasteiger partial charge in [0.2, 0.25) is 6.54 Å². The lowest BCUT2D eigenvalue weighted by atomic mass is 10.1. The van der Waals surface area contributed by atoms with Gasteiger partial charge in [0.15, 0.2) is 16.7 Å². The van der Waals surface area contributed by atoms with E-state index in [1.165, 1.54) is 18.9 Å². The minimum atomic E-state index is -0.532. The Morgan fingerprint density at radius 1 is 1.31 bits per heavy atom. The summed E-state index contributed by atoms with van der Waals surface area (Å²) in [5.74, 6) is 1.69. The molecule has 10 heteroatoms. The second kappa shape index (κ2) is 10.6. The molecule has 0 fully saturated rings. The number of aryl methyl sites for hydroxylation is 2. The fourth-order valence-electron chi connectivity index (χ4n) is 3.16. The van der Waals surface area contributed by atoms with Gasteiger partial charge in [-0.05, 0) is 65.2 Å². The first kappa shape index (κ1) is 23.8. The lowest BCUT2D eigenvalue weighted by Crippen LogP contribution is -2.12. The lowest BCUT2D eigenvalue weighted by Gasteiger charge is -2.18. The van der Waals surface area contributed by atoms with E-state index < -0.39 is 5.25 Å². The van der Waals surface area contributed by atoms with E-state index in [-0.39, 0.29) is 11.5 Å². The Labute approximate surface area is 198 Å². The van der Waals surface area contributed by atoms with Crippen molar-refractivity contribution in [2.75, 3.05) is 20.3 Å². The molecule has 32 heavy (non-hydrogen) atoms. The van der Waals surface area contributed by atoms with Gasteiger partial charge in [0.25, 0.3) is 0 Å². The summed E-state index contributed by atoms with van der Waals surface area (Å²) < 4.78 is 13.7. The zero-order valence-corrected chi connectivity index (χ0v) is 20.4. The molecule has 0 unspecified atom stereocenters. The first-order valence-corrected chi connectivity index (χ1v) is 11.4. The molecule has 2 aromatic carbocycles. The summed E-state index contributed by atoms with van der Waals surface area (Å²) in [7, 11) is 1.53. The van der Waals surface area contributed by atoms with Crippen molar-refractivity contribution < 1.29 is 14.4 Å². The molecule has 168 valence electrons. The van der Waals surface area contributed by atoms with Gasteiger partial charge in [-0.2, -0.15) is 0 Å². The van der Waals surface area contributed by atoms with Gasteiger partial charge in [0.1, 0.15) is 17.7 Å². The van der Waals surface area contributed by atoms with E-state index >= 15 is 0 Å². The van der Waals surface area contributed by atoms with Gasteiger partial charge in [-0.15, -0.1) is 10.2 Å². The van der Waals surface area contributed by atoms with E-state index in [9.17, 15) is 10.1 Å². The summed E-state index contributed by atoms with van der Waals surface area (Å²) in [5.41, 5.74) is 2.71. The maximum Gasteiger partial charge on any atom is 0.220 e. The summed E-state index contributed by atoms with van der Waals surface area (Å²) >= 11 is 4.78. The van der Waals surface area contributed by atoms with Crippen LogP contribution in [0.2, 0.25) is 0 Å². The fraction of sp³-hybridized carbons (Fsp3) is 0.273. The van der Waals surface area contributed by atoms with E-state index in [0.717, 1.165) is 11.3 Å². The van der Waals surface area contributed by atoms with Crippen molar-refractivity contribution in [2.24, 2.45) is 0 Å². The van der Waals surface area contributed by atoms with Crippen LogP contribution in [0.25, 0.3) is 5.69 Å². The minimum absolute atomic E-state index is 0.299. The van der Waals surface area contributed by atoms with Gasteiger partial charge in [0.05, 0.1) is 11.6 Å². The number of nitro groups is 1. The summed E-state index contributed by atoms with van der Waals surface area (Å²) in [6.07, 6.45) is 1.63. The highest BCUT2D eigenvalue weighted by atomic mass is 79.9. The van der Waals surface area contributed by atoms with E-state index in [4.69, 9.17) is 9.47 Å². The normalized spacial score (nSPS) is 11.8. The molecule has 0 aliphatic rings. The van der Waals surface area contributed by atoms with Crippen LogP contribution in [0.15, 0.2) is 58.7 Å². The maximum atomic E-state index is 11.5. The largest absolute Gasteiger partial charge is 0.493 e. The number of benzene rings is 2. The number of hydrogen-bond donors (Lipinski definition) is 0. The number of aromatic nitrogens is 3. The molecule has 0 saturated carbocycles. The van der Waals surface area contributed by atoms with Crippen molar-refractivity contribution in [1.29, 1.82) is 0 Å². The lowest BCUT2D eigenvalue weighted by molar-refractivity contribution is -0.479. The molecule has 8 nitrogen and oxygen atoms in total. The van der Waals surface area contributed by atoms with Crippen LogP contribution in [0.3, 0.4) is 0 Å². The van der Waals surface area contributed by atoms with E-state index in [1.54, 1.807) is 12.1 Å². The smallest absolute Gasteiger partial charge is 0.220 e. The number of nitrogens with zero attached hydrogens (tertiary/aromatic N) is 4. The molecular formula is C22H23BrN4O4S. The number of halogens is 1. The van der Waals surface area contributed by atoms with Crippen molar-refractivity contribution in [3.63, 3.8) is 0 Å². The number of rotatable bonds is 10. The molecule has 3 rings (SSSR count). The Balaban J connectivity index is 2.02. The van der Waals surface area contributed by atoms with Gasteiger partial charge in [0, 0.05) is 10.6 Å². The number of hydrogen-bond acceptors (Lipinski definition) is 7. The average Bonchev–Trinajstić information content (AvgIpc) is 3.11. The van der Waals surface area contributed by atoms with Crippen LogP contribution < -0.4 is 9.47 Å². The van der Waals surface area contributed by atoms with Crippen molar-refractivity contribution in [3.8, 4) is 17.2 Å². The highest BCUT2D eigenvalue weighted by Gasteiger charge is 2.26. The maximum absolute atomic E-state index is 11.5. The number of methoxy groups -OCH3 is 1. The number of thioether (sulfide) groups is 1. The quantitative estimate of drug-likeness (QED) is 0.155. The van der Waals surface area contributed by atoms with Crippen LogP contribution in [0.4, 0.5) is 0 Å². The molecule has 0 radical (unpaired) electrons. The Morgan fingerprint density at radius 2 is 2.09 bits per heavy atom. The molecule has 0 amide bonds. The first-order chi connectivity index (χ1) is 15.3. The van der Waals surface area contributed by atoms with Crippen molar-refractivity contribution in [3.05, 3.63) is 80.6 Å². The third-order valence-corrected chi connectivity index (χ3v) is 6.36. The Bertz CT molecular complexity index is 1140. The second-order valence-corrected chi connectivity index (χ2v) is 8.98. The fourth-order valence-corrected chi connectivity index (χ4v) is 4.89. The summed E-state index contributed by atoms with van der Waals surface area (Å²) in [5, 5.41) is 20.0. The highest BCUT2D eigenvalue weighted by molar-refractivity contribution is 9.10. The van der Waals surface area contributed by atoms with Crippen LogP contribution in [-0.4, -0.2) is 39.9 Å². The standard InChI is InChI=1S/C22H23BrN4O4S/c1-5-9-31-21-18(23)11-16(12-19(21)30-4)20(13-26(28)29)32-22-25-24-15(3)27(22)17-8-6-7-14(2)10-17/h5-8,10-12,20H,1,9,13H2,2-4H3/t20-/m0/s1. The number of ether oxygens (including phenoxy) is 2. The Hall–Kier alpha value is -2.85. The summed E-state index contributed by atoms with van der Waals surface area (Å²) in [6, 6.07) is 11.5. The SMILES string of the molecule is C=CCOc1c(Br)cc([C@H](C[N+](=O)[O-])Sc2nnc(C)n2-c2cccc(C)c2)cc1OC. The van der Waals surface area contributed by atoms with E-state index in [0.29, 0.717) is 39.1 Å². The minimum Gasteiger partial charge on any atom is -0.493 e. The van der Waals surface area contributed by atoms with E-state index in [1.807, 2.05) is 48.7 Å². The summed E-state index contributed by atoms with van der Waals surface area (Å²) in [4.78, 5) is 11.2. The van der Waals surface area contributed by atoms with Gasteiger partial charge >= 0.3 is 0 Å². The molecule has 0 saturated heterocycles. The van der Waals surface area contributed by atoms with Crippen LogP contribution >= 0.6 is 27.7 Å². The molecule has 0 bridgehead atoms. The molecule has 3 aromatic rings. The average molecular weight is 519 g/mol. The predicted molar refractivity (Wildman–Crippen MR) is 128 cm³/mol. The van der Waals surface area contributed by atoms with Crippen molar-refractivity contribution >= 4 is 27.7 Å². The Morgan fingerprint density at radius 3 is 2.75 bits per heavy atom. The van der Waals surface area contributed by atoms with Gasteiger partial charge in [-0.25, -0.2) is 0 Å². The van der Waals surface area contributed by atoms with Crippen LogP contribution in [0.1, 0.15) is 22.2 Å². The Kier molecular flexibility index (Phi) is 7.92. The molecule has 0 aliphatic heterocycles. The van der Waals surface area contributed by atoms with Crippen LogP contribution in [0.5, 0.6) is 11.5 Å². The zero-order chi connectivity index (χ0) is 23.3. The molecular weight excluding hydrogens is 496 g/mol. The third kappa shape index (κ3) is 5.49. The zero-order valence-electron chi connectivity index (χ0n) is 17.9. The first-order valence-electron chi connectivity index (χ1n) is 9.72. The van der Waals surface area contributed by atoms with Gasteiger partial charge < -0.3 is 9.47 Å². The molecule has 1 heterocycles. The predicted octanol–water partition coefficient (Wildman–Crippen LogP) is 5.33. The third-order valence-electron chi connectivity index (χ3n) is 4.59. The van der Waals surface area contributed by atoms with Gasteiger partial charge in [-0.3, -0.25) is 14.7 Å². The molecule has 0 N–H and O–H groups in total. The molecule has 0 aliphatic carbocycles.